The van der Waals surface area contributed by atoms with Crippen molar-refractivity contribution in [2.75, 3.05) is 12.4 Å². The fraction of sp³-hybridized carbons (Fsp3) is 0.111. The number of carbonyl (C=O) groups is 1. The second kappa shape index (κ2) is 5.86. The minimum absolute atomic E-state index is 0.131. The zero-order valence-corrected chi connectivity index (χ0v) is 13.7. The molecule has 2 aromatic heterocycles. The molecule has 0 saturated carbocycles. The van der Waals surface area contributed by atoms with Gasteiger partial charge in [-0.3, -0.25) is 10.1 Å². The summed E-state index contributed by atoms with van der Waals surface area (Å²) in [5.41, 5.74) is 3.71. The maximum Gasteiger partial charge on any atom is 0.261 e. The number of rotatable bonds is 3. The third kappa shape index (κ3) is 2.65. The van der Waals surface area contributed by atoms with Crippen LogP contribution < -0.4 is 10.1 Å². The average molecular weight is 333 g/mol. The quantitative estimate of drug-likeness (QED) is 0.601. The number of aryl methyl sites for hydroxylation is 1. The zero-order valence-electron chi connectivity index (χ0n) is 13.7. The highest BCUT2D eigenvalue weighted by molar-refractivity contribution is 6.06. The summed E-state index contributed by atoms with van der Waals surface area (Å²) in [5.74, 6) is 0.257. The van der Waals surface area contributed by atoms with Gasteiger partial charge in [-0.2, -0.15) is 4.98 Å². The van der Waals surface area contributed by atoms with Gasteiger partial charge >= 0.3 is 0 Å². The van der Waals surface area contributed by atoms with Gasteiger partial charge in [0.2, 0.25) is 0 Å². The van der Waals surface area contributed by atoms with Crippen molar-refractivity contribution in [3.8, 4) is 5.75 Å². The first kappa shape index (κ1) is 15.1. The normalized spacial score (nSPS) is 11.0. The third-order valence-corrected chi connectivity index (χ3v) is 3.95. The third-order valence-electron chi connectivity index (χ3n) is 3.95. The van der Waals surface area contributed by atoms with Crippen molar-refractivity contribution in [2.24, 2.45) is 0 Å². The zero-order chi connectivity index (χ0) is 17.4. The molecule has 0 fully saturated rings. The molecular weight excluding hydrogens is 318 g/mol. The monoisotopic (exact) mass is 333 g/mol. The van der Waals surface area contributed by atoms with E-state index in [4.69, 9.17) is 4.74 Å². The first-order chi connectivity index (χ1) is 12.2. The van der Waals surface area contributed by atoms with E-state index in [0.717, 1.165) is 16.5 Å². The number of nitrogens with one attached hydrogen (secondary N) is 2. The summed E-state index contributed by atoms with van der Waals surface area (Å²) in [6, 6.07) is 13.0. The van der Waals surface area contributed by atoms with Gasteiger partial charge in [-0.15, -0.1) is 10.2 Å². The number of anilines is 1. The number of hydrogen-bond donors (Lipinski definition) is 2. The van der Waals surface area contributed by atoms with Crippen molar-refractivity contribution in [2.45, 2.75) is 6.92 Å². The number of amides is 1. The molecule has 0 bridgehead atoms. The number of carbonyl (C=O) groups excluding carboxylic acids is 1. The lowest BCUT2D eigenvalue weighted by Crippen LogP contribution is -2.15. The molecule has 7 nitrogen and oxygen atoms in total. The molecule has 1 amide bonds. The van der Waals surface area contributed by atoms with Crippen molar-refractivity contribution in [1.29, 1.82) is 0 Å². The number of hydrogen-bond acceptors (Lipinski definition) is 5. The number of aromatic nitrogens is 4. The summed E-state index contributed by atoms with van der Waals surface area (Å²) in [6.45, 7) is 2.01. The topological polar surface area (TPSA) is 92.8 Å². The maximum atomic E-state index is 12.4. The van der Waals surface area contributed by atoms with Crippen molar-refractivity contribution < 1.29 is 9.53 Å². The number of fused-ring (bicyclic) bond motifs is 3. The van der Waals surface area contributed by atoms with Crippen LogP contribution in [0.4, 0.5) is 5.95 Å². The van der Waals surface area contributed by atoms with Gasteiger partial charge in [0.1, 0.15) is 11.3 Å². The summed E-state index contributed by atoms with van der Waals surface area (Å²) < 4.78 is 5.20. The van der Waals surface area contributed by atoms with Crippen LogP contribution >= 0.6 is 0 Å². The van der Waals surface area contributed by atoms with Crippen molar-refractivity contribution in [3.05, 3.63) is 53.6 Å². The number of methoxy groups -OCH3 is 1. The van der Waals surface area contributed by atoms with E-state index in [2.05, 4.69) is 25.5 Å². The lowest BCUT2D eigenvalue weighted by Gasteiger charge is -2.07. The second-order valence-corrected chi connectivity index (χ2v) is 5.66. The van der Waals surface area contributed by atoms with Crippen LogP contribution in [0.2, 0.25) is 0 Å². The molecule has 0 atom stereocenters. The first-order valence-electron chi connectivity index (χ1n) is 7.73. The molecule has 2 N–H and O–H groups in total. The largest absolute Gasteiger partial charge is 0.496 e. The number of ether oxygens (including phenoxy) is 1. The van der Waals surface area contributed by atoms with E-state index in [9.17, 15) is 4.79 Å². The minimum Gasteiger partial charge on any atom is -0.496 e. The van der Waals surface area contributed by atoms with E-state index in [-0.39, 0.29) is 11.9 Å². The molecule has 2 aromatic carbocycles. The molecule has 0 aliphatic rings. The van der Waals surface area contributed by atoms with E-state index < -0.39 is 0 Å². The maximum absolute atomic E-state index is 12.4. The molecule has 0 spiro atoms. The van der Waals surface area contributed by atoms with Crippen LogP contribution in [-0.4, -0.2) is 33.2 Å². The van der Waals surface area contributed by atoms with Gasteiger partial charge in [0.25, 0.3) is 11.9 Å². The summed E-state index contributed by atoms with van der Waals surface area (Å²) in [5, 5.41) is 11.8. The van der Waals surface area contributed by atoms with Crippen LogP contribution in [0.3, 0.4) is 0 Å². The van der Waals surface area contributed by atoms with E-state index in [0.29, 0.717) is 22.5 Å². The minimum atomic E-state index is -0.356. The predicted molar refractivity (Wildman–Crippen MR) is 94.9 cm³/mol. The predicted octanol–water partition coefficient (Wildman–Crippen LogP) is 3.08. The molecular formula is C18H15N5O2. The molecule has 7 heteroatoms. The van der Waals surface area contributed by atoms with E-state index in [1.807, 2.05) is 25.1 Å². The van der Waals surface area contributed by atoms with E-state index in [1.165, 1.54) is 7.11 Å². The Bertz CT molecular complexity index is 1100. The summed E-state index contributed by atoms with van der Waals surface area (Å²) >= 11 is 0. The smallest absolute Gasteiger partial charge is 0.261 e. The van der Waals surface area contributed by atoms with Crippen molar-refractivity contribution in [3.63, 3.8) is 0 Å². The van der Waals surface area contributed by atoms with Gasteiger partial charge in [0.05, 0.1) is 12.7 Å². The van der Waals surface area contributed by atoms with Crippen LogP contribution in [0, 0.1) is 6.92 Å². The number of H-pyrrole nitrogens is 1. The van der Waals surface area contributed by atoms with Gasteiger partial charge in [-0.25, -0.2) is 0 Å². The number of nitrogens with zero attached hydrogens (tertiary/aromatic N) is 3. The summed E-state index contributed by atoms with van der Waals surface area (Å²) in [6.07, 6.45) is 0. The van der Waals surface area contributed by atoms with E-state index >= 15 is 0 Å². The molecule has 0 aliphatic carbocycles. The number of benzene rings is 2. The Balaban J connectivity index is 1.70. The van der Waals surface area contributed by atoms with Crippen LogP contribution in [0.25, 0.3) is 22.1 Å². The van der Waals surface area contributed by atoms with Crippen LogP contribution in [-0.2, 0) is 0 Å². The molecule has 25 heavy (non-hydrogen) atoms. The summed E-state index contributed by atoms with van der Waals surface area (Å²) in [4.78, 5) is 20.0. The SMILES string of the molecule is COc1ccccc1C(=O)Nc1nnc2c(n1)[nH]c1ccc(C)cc12. The van der Waals surface area contributed by atoms with Crippen LogP contribution in [0.5, 0.6) is 5.75 Å². The van der Waals surface area contributed by atoms with Crippen molar-refractivity contribution >= 4 is 33.9 Å². The molecule has 0 unspecified atom stereocenters. The molecule has 2 heterocycles. The van der Waals surface area contributed by atoms with Gasteiger partial charge in [-0.05, 0) is 31.2 Å². The van der Waals surface area contributed by atoms with Crippen molar-refractivity contribution in [1.82, 2.24) is 20.2 Å². The Morgan fingerprint density at radius 2 is 2.00 bits per heavy atom. The highest BCUT2D eigenvalue weighted by Crippen LogP contribution is 2.24. The Labute approximate surface area is 143 Å². The molecule has 0 aliphatic heterocycles. The molecule has 4 aromatic rings. The Morgan fingerprint density at radius 1 is 1.16 bits per heavy atom. The number of para-hydroxylation sites is 1. The molecule has 0 saturated heterocycles. The second-order valence-electron chi connectivity index (χ2n) is 5.66. The summed E-state index contributed by atoms with van der Waals surface area (Å²) in [7, 11) is 1.52. The fourth-order valence-corrected chi connectivity index (χ4v) is 2.74. The molecule has 124 valence electrons. The highest BCUT2D eigenvalue weighted by Gasteiger charge is 2.15. The molecule has 0 radical (unpaired) electrons. The Kier molecular flexibility index (Phi) is 3.53. The highest BCUT2D eigenvalue weighted by atomic mass is 16.5. The fourth-order valence-electron chi connectivity index (χ4n) is 2.74. The van der Waals surface area contributed by atoms with Gasteiger partial charge < -0.3 is 9.72 Å². The lowest BCUT2D eigenvalue weighted by atomic mass is 10.2. The average Bonchev–Trinajstić information content (AvgIpc) is 2.98. The lowest BCUT2D eigenvalue weighted by molar-refractivity contribution is 0.102. The first-order valence-corrected chi connectivity index (χ1v) is 7.73. The van der Waals surface area contributed by atoms with Gasteiger partial charge in [0, 0.05) is 10.9 Å². The van der Waals surface area contributed by atoms with E-state index in [1.54, 1.807) is 24.3 Å². The molecule has 4 rings (SSSR count). The standard InChI is InChI=1S/C18H15N5O2/c1-10-7-8-13-12(9-10)15-16(19-13)20-18(23-22-15)21-17(24)11-5-3-4-6-14(11)25-2/h3-9H,1-2H3,(H2,19,20,21,23,24). The Hall–Kier alpha value is -3.48. The Morgan fingerprint density at radius 3 is 2.84 bits per heavy atom. The number of aromatic amines is 1. The van der Waals surface area contributed by atoms with Crippen LogP contribution in [0.1, 0.15) is 15.9 Å². The van der Waals surface area contributed by atoms with Gasteiger partial charge in [-0.1, -0.05) is 23.8 Å². The van der Waals surface area contributed by atoms with Gasteiger partial charge in [0.15, 0.2) is 5.65 Å². The van der Waals surface area contributed by atoms with Crippen LogP contribution in [0.15, 0.2) is 42.5 Å².